The molecule has 0 atom stereocenters. The lowest BCUT2D eigenvalue weighted by molar-refractivity contribution is 0.00936. The summed E-state index contributed by atoms with van der Waals surface area (Å²) in [6.45, 7) is 11.9. The van der Waals surface area contributed by atoms with Crippen molar-refractivity contribution < 1.29 is 14.6 Å². The summed E-state index contributed by atoms with van der Waals surface area (Å²) in [5.41, 5.74) is -0.325. The van der Waals surface area contributed by atoms with E-state index in [1.165, 1.54) is 0 Å². The van der Waals surface area contributed by atoms with Crippen LogP contribution in [0.4, 0.5) is 4.79 Å². The molecule has 1 saturated heterocycles. The molecule has 1 N–H and O–H groups in total. The van der Waals surface area contributed by atoms with Gasteiger partial charge in [0, 0.05) is 31.8 Å². The molecule has 0 spiro atoms. The Morgan fingerprint density at radius 2 is 1.95 bits per heavy atom. The third-order valence-corrected chi connectivity index (χ3v) is 3.67. The molecule has 0 aromatic carbocycles. The van der Waals surface area contributed by atoms with Crippen LogP contribution in [0.1, 0.15) is 40.5 Å². The normalized spacial score (nSPS) is 18.5. The lowest BCUT2D eigenvalue weighted by Gasteiger charge is -2.38. The Labute approximate surface area is 116 Å². The van der Waals surface area contributed by atoms with Gasteiger partial charge >= 0.3 is 6.09 Å². The molecule has 1 fully saturated rings. The second-order valence-corrected chi connectivity index (χ2v) is 6.25. The third kappa shape index (κ3) is 5.37. The fraction of sp³-hybridized carbons (Fsp3) is 0.929. The van der Waals surface area contributed by atoms with Crippen molar-refractivity contribution >= 4 is 6.09 Å². The number of hydrogen-bond acceptors (Lipinski definition) is 3. The molecule has 5 nitrogen and oxygen atoms in total. The molecule has 1 aliphatic rings. The van der Waals surface area contributed by atoms with Gasteiger partial charge in [0.2, 0.25) is 0 Å². The van der Waals surface area contributed by atoms with Crippen molar-refractivity contribution in [3.8, 4) is 0 Å². The first-order valence-corrected chi connectivity index (χ1v) is 7.15. The number of carboxylic acid groups (broad SMARTS) is 1. The lowest BCUT2D eigenvalue weighted by Crippen LogP contribution is -2.49. The molecule has 1 rings (SSSR count). The van der Waals surface area contributed by atoms with Crippen molar-refractivity contribution in [3.63, 3.8) is 0 Å². The molecule has 0 saturated carbocycles. The van der Waals surface area contributed by atoms with Gasteiger partial charge in [-0.15, -0.1) is 0 Å². The van der Waals surface area contributed by atoms with Crippen LogP contribution in [0.3, 0.4) is 0 Å². The minimum Gasteiger partial charge on any atom is -0.465 e. The molecule has 1 aliphatic heterocycles. The summed E-state index contributed by atoms with van der Waals surface area (Å²) in [5, 5.41) is 9.30. The third-order valence-electron chi connectivity index (χ3n) is 3.67. The maximum absolute atomic E-state index is 11.3. The second-order valence-electron chi connectivity index (χ2n) is 6.25. The van der Waals surface area contributed by atoms with Crippen molar-refractivity contribution in [3.05, 3.63) is 0 Å². The SMILES string of the molecule is CCOCN1CCC(CN(C(=O)O)C(C)(C)C)CC1. The van der Waals surface area contributed by atoms with Crippen molar-refractivity contribution in [2.75, 3.05) is 33.0 Å². The van der Waals surface area contributed by atoms with Crippen LogP contribution in [0, 0.1) is 5.92 Å². The van der Waals surface area contributed by atoms with Crippen LogP contribution >= 0.6 is 0 Å². The van der Waals surface area contributed by atoms with E-state index in [4.69, 9.17) is 4.74 Å². The first-order chi connectivity index (χ1) is 8.84. The van der Waals surface area contributed by atoms with E-state index >= 15 is 0 Å². The molecule has 19 heavy (non-hydrogen) atoms. The van der Waals surface area contributed by atoms with Gasteiger partial charge in [-0.05, 0) is 46.5 Å². The van der Waals surface area contributed by atoms with Crippen LogP contribution in [0.25, 0.3) is 0 Å². The first kappa shape index (κ1) is 16.2. The van der Waals surface area contributed by atoms with E-state index in [1.807, 2.05) is 27.7 Å². The molecule has 1 amide bonds. The van der Waals surface area contributed by atoms with Gasteiger partial charge in [-0.1, -0.05) is 0 Å². The van der Waals surface area contributed by atoms with Gasteiger partial charge in [0.1, 0.15) is 0 Å². The smallest absolute Gasteiger partial charge is 0.407 e. The molecular formula is C14H28N2O3. The van der Waals surface area contributed by atoms with E-state index in [0.29, 0.717) is 19.2 Å². The molecule has 0 radical (unpaired) electrons. The number of carbonyl (C=O) groups is 1. The fourth-order valence-corrected chi connectivity index (χ4v) is 2.42. The van der Waals surface area contributed by atoms with Gasteiger partial charge in [0.25, 0.3) is 0 Å². The quantitative estimate of drug-likeness (QED) is 0.835. The number of hydrogen-bond donors (Lipinski definition) is 1. The van der Waals surface area contributed by atoms with Crippen molar-refractivity contribution in [1.82, 2.24) is 9.80 Å². The highest BCUT2D eigenvalue weighted by Crippen LogP contribution is 2.22. The van der Waals surface area contributed by atoms with Gasteiger partial charge < -0.3 is 14.7 Å². The highest BCUT2D eigenvalue weighted by Gasteiger charge is 2.30. The summed E-state index contributed by atoms with van der Waals surface area (Å²) in [6, 6.07) is 0. The Kier molecular flexibility index (Phi) is 6.07. The predicted molar refractivity (Wildman–Crippen MR) is 75.3 cm³/mol. The number of rotatable bonds is 5. The Balaban J connectivity index is 2.41. The number of ether oxygens (including phenoxy) is 1. The summed E-state index contributed by atoms with van der Waals surface area (Å²) in [4.78, 5) is 15.2. The monoisotopic (exact) mass is 272 g/mol. The Hall–Kier alpha value is -0.810. The Morgan fingerprint density at radius 3 is 2.37 bits per heavy atom. The van der Waals surface area contributed by atoms with Crippen molar-refractivity contribution in [1.29, 1.82) is 0 Å². The Morgan fingerprint density at radius 1 is 1.37 bits per heavy atom. The molecule has 0 unspecified atom stereocenters. The molecule has 1 heterocycles. The van der Waals surface area contributed by atoms with Gasteiger partial charge in [-0.25, -0.2) is 4.79 Å². The van der Waals surface area contributed by atoms with Gasteiger partial charge in [-0.3, -0.25) is 4.90 Å². The Bertz CT molecular complexity index is 281. The van der Waals surface area contributed by atoms with Crippen LogP contribution in [-0.4, -0.2) is 59.5 Å². The average Bonchev–Trinajstić information content (AvgIpc) is 2.33. The minimum atomic E-state index is -0.816. The molecule has 0 aromatic rings. The van der Waals surface area contributed by atoms with E-state index in [0.717, 1.165) is 32.5 Å². The summed E-state index contributed by atoms with van der Waals surface area (Å²) in [7, 11) is 0. The van der Waals surface area contributed by atoms with E-state index in [2.05, 4.69) is 4.90 Å². The summed E-state index contributed by atoms with van der Waals surface area (Å²) in [6.07, 6.45) is 1.28. The van der Waals surface area contributed by atoms with E-state index < -0.39 is 6.09 Å². The maximum Gasteiger partial charge on any atom is 0.407 e. The topological polar surface area (TPSA) is 53.0 Å². The number of nitrogens with zero attached hydrogens (tertiary/aromatic N) is 2. The second kappa shape index (κ2) is 7.10. The van der Waals surface area contributed by atoms with E-state index in [-0.39, 0.29) is 5.54 Å². The summed E-state index contributed by atoms with van der Waals surface area (Å²) >= 11 is 0. The summed E-state index contributed by atoms with van der Waals surface area (Å²) in [5.74, 6) is 0.466. The molecule has 5 heteroatoms. The largest absolute Gasteiger partial charge is 0.465 e. The van der Waals surface area contributed by atoms with Gasteiger partial charge in [0.15, 0.2) is 0 Å². The number of amides is 1. The zero-order chi connectivity index (χ0) is 14.5. The van der Waals surface area contributed by atoms with Gasteiger partial charge in [-0.2, -0.15) is 0 Å². The zero-order valence-corrected chi connectivity index (χ0v) is 12.7. The van der Waals surface area contributed by atoms with Crippen molar-refractivity contribution in [2.45, 2.75) is 46.1 Å². The minimum absolute atomic E-state index is 0.325. The van der Waals surface area contributed by atoms with Crippen LogP contribution < -0.4 is 0 Å². The van der Waals surface area contributed by atoms with Gasteiger partial charge in [0.05, 0.1) is 6.73 Å². The van der Waals surface area contributed by atoms with E-state index in [1.54, 1.807) is 4.90 Å². The van der Waals surface area contributed by atoms with Crippen LogP contribution in [-0.2, 0) is 4.74 Å². The maximum atomic E-state index is 11.3. The van der Waals surface area contributed by atoms with Crippen LogP contribution in [0.2, 0.25) is 0 Å². The standard InChI is InChI=1S/C14H28N2O3/c1-5-19-11-15-8-6-12(7-9-15)10-16(13(17)18)14(2,3)4/h12H,5-11H2,1-4H3,(H,17,18). The number of likely N-dealkylation sites (tertiary alicyclic amines) is 1. The lowest BCUT2D eigenvalue weighted by atomic mass is 9.94. The molecule has 112 valence electrons. The molecule has 0 bridgehead atoms. The average molecular weight is 272 g/mol. The highest BCUT2D eigenvalue weighted by atomic mass is 16.5. The molecular weight excluding hydrogens is 244 g/mol. The highest BCUT2D eigenvalue weighted by molar-refractivity contribution is 5.66. The first-order valence-electron chi connectivity index (χ1n) is 7.15. The fourth-order valence-electron chi connectivity index (χ4n) is 2.42. The van der Waals surface area contributed by atoms with Crippen molar-refractivity contribution in [2.24, 2.45) is 5.92 Å². The predicted octanol–water partition coefficient (Wildman–Crippen LogP) is 2.47. The zero-order valence-electron chi connectivity index (χ0n) is 12.7. The summed E-state index contributed by atoms with van der Waals surface area (Å²) < 4.78 is 5.40. The molecule has 0 aliphatic carbocycles. The van der Waals surface area contributed by atoms with E-state index in [9.17, 15) is 9.90 Å². The molecule has 0 aromatic heterocycles. The van der Waals surface area contributed by atoms with Crippen LogP contribution in [0.5, 0.6) is 0 Å². The number of piperidine rings is 1. The van der Waals surface area contributed by atoms with Crippen LogP contribution in [0.15, 0.2) is 0 Å².